The van der Waals surface area contributed by atoms with Crippen LogP contribution in [-0.2, 0) is 0 Å². The number of hydrogen-bond donors (Lipinski definition) is 2. The second kappa shape index (κ2) is 25.5. The number of ketones is 2. The van der Waals surface area contributed by atoms with Crippen molar-refractivity contribution in [2.75, 3.05) is 10.6 Å². The Morgan fingerprint density at radius 1 is 0.400 bits per heavy atom. The van der Waals surface area contributed by atoms with Crippen LogP contribution in [0.15, 0.2) is 202 Å². The number of rotatable bonds is 18. The molecule has 2 saturated carbocycles. The fraction of sp³-hybridized carbons (Fsp3) is 0.278. The summed E-state index contributed by atoms with van der Waals surface area (Å²) in [4.78, 5) is 62.1. The number of fused-ring (bicyclic) bond motifs is 2. The van der Waals surface area contributed by atoms with Crippen LogP contribution >= 0.6 is 23.5 Å². The molecule has 0 spiro atoms. The van der Waals surface area contributed by atoms with Crippen molar-refractivity contribution in [3.63, 3.8) is 0 Å². The minimum absolute atomic E-state index is 0.111. The highest BCUT2D eigenvalue weighted by Crippen LogP contribution is 2.47. The molecule has 8 heteroatoms. The number of carbonyl (C=O) groups is 4. The van der Waals surface area contributed by atoms with Gasteiger partial charge < -0.3 is 10.6 Å². The van der Waals surface area contributed by atoms with Gasteiger partial charge in [-0.25, -0.2) is 0 Å². The molecule has 3 aliphatic carbocycles. The Labute approximate surface area is 481 Å². The lowest BCUT2D eigenvalue weighted by Crippen LogP contribution is -2.27. The van der Waals surface area contributed by atoms with Crippen LogP contribution in [-0.4, -0.2) is 23.4 Å². The highest BCUT2D eigenvalue weighted by Gasteiger charge is 2.39. The summed E-state index contributed by atoms with van der Waals surface area (Å²) in [5, 5.41) is 6.02. The third kappa shape index (κ3) is 12.4. The molecule has 0 unspecified atom stereocenters. The van der Waals surface area contributed by atoms with Crippen LogP contribution in [0.5, 0.6) is 0 Å². The summed E-state index contributed by atoms with van der Waals surface area (Å²) in [6, 6.07) is 59.5. The van der Waals surface area contributed by atoms with E-state index in [2.05, 4.69) is 109 Å². The molecule has 0 heterocycles. The lowest BCUT2D eigenvalue weighted by atomic mass is 9.77. The minimum atomic E-state index is -0.423. The van der Waals surface area contributed by atoms with Crippen LogP contribution in [0.2, 0.25) is 0 Å². The maximum absolute atomic E-state index is 15.7. The molecule has 11 rings (SSSR count). The monoisotopic (exact) mass is 1090 g/mol. The highest BCUT2D eigenvalue weighted by molar-refractivity contribution is 7.99. The second-order valence-electron chi connectivity index (χ2n) is 22.2. The van der Waals surface area contributed by atoms with Gasteiger partial charge in [-0.05, 0) is 181 Å². The van der Waals surface area contributed by atoms with Crippen molar-refractivity contribution in [3.05, 3.63) is 226 Å². The molecule has 6 nitrogen and oxygen atoms in total. The van der Waals surface area contributed by atoms with Crippen molar-refractivity contribution in [2.24, 2.45) is 11.8 Å². The molecule has 0 bridgehead atoms. The zero-order chi connectivity index (χ0) is 55.0. The molecule has 2 fully saturated rings. The number of nitrogens with one attached hydrogen (secondary N) is 2. The van der Waals surface area contributed by atoms with Crippen LogP contribution in [0.25, 0.3) is 22.3 Å². The molecule has 2 N–H and O–H groups in total. The Morgan fingerprint density at radius 2 is 0.775 bits per heavy atom. The normalized spacial score (nSPS) is 17.8. The summed E-state index contributed by atoms with van der Waals surface area (Å²) in [6.45, 7) is 4.57. The van der Waals surface area contributed by atoms with Crippen LogP contribution in [0.4, 0.5) is 11.4 Å². The van der Waals surface area contributed by atoms with Gasteiger partial charge in [-0.3, -0.25) is 19.2 Å². The predicted octanol–water partition coefficient (Wildman–Crippen LogP) is 19.5. The summed E-state index contributed by atoms with van der Waals surface area (Å²) in [7, 11) is 0. The Bertz CT molecular complexity index is 3470. The first-order valence-corrected chi connectivity index (χ1v) is 30.8. The van der Waals surface area contributed by atoms with Crippen LogP contribution in [0.1, 0.15) is 179 Å². The lowest BCUT2D eigenvalue weighted by molar-refractivity contribution is 0.0973. The van der Waals surface area contributed by atoms with Gasteiger partial charge in [0.15, 0.2) is 11.6 Å². The molecular weight excluding hydrogens is 1020 g/mol. The number of anilines is 2. The van der Waals surface area contributed by atoms with Crippen molar-refractivity contribution >= 4 is 58.3 Å². The van der Waals surface area contributed by atoms with Crippen molar-refractivity contribution < 1.29 is 19.2 Å². The molecule has 0 saturated heterocycles. The van der Waals surface area contributed by atoms with Gasteiger partial charge in [-0.1, -0.05) is 185 Å². The molecule has 2 amide bonds. The van der Waals surface area contributed by atoms with Crippen LogP contribution < -0.4 is 10.6 Å². The maximum Gasteiger partial charge on any atom is 0.255 e. The van der Waals surface area contributed by atoms with Gasteiger partial charge in [0.05, 0.1) is 22.5 Å². The van der Waals surface area contributed by atoms with Gasteiger partial charge in [0.2, 0.25) is 0 Å². The summed E-state index contributed by atoms with van der Waals surface area (Å²) >= 11 is 2.78. The highest BCUT2D eigenvalue weighted by atomic mass is 32.2. The Balaban J connectivity index is 0.891. The third-order valence-corrected chi connectivity index (χ3v) is 19.1. The molecular formula is C72H70N2O4S2. The van der Waals surface area contributed by atoms with Crippen molar-refractivity contribution in [1.82, 2.24) is 0 Å². The Hall–Kier alpha value is -7.26. The maximum atomic E-state index is 15.7. The summed E-state index contributed by atoms with van der Waals surface area (Å²) < 4.78 is 0. The SMILES string of the molecule is CCCCCC1CCC(c2ccc(-c3ccc(Sc4ccc(NC(=O)c5ccccc5)c5c4C(=O)c4c(NC(=O)c6ccccc6)ccc(Sc6ccc(-c7ccc(C8CCC(CCC)CC8)cc7)cc6)c4C5=O)cc3)cc2)CC1. The summed E-state index contributed by atoms with van der Waals surface area (Å²) in [5.74, 6) is 1.33. The van der Waals surface area contributed by atoms with E-state index in [1.165, 1.54) is 125 Å². The molecule has 0 radical (unpaired) electrons. The molecule has 3 aliphatic rings. The first-order valence-electron chi connectivity index (χ1n) is 29.1. The molecule has 0 aliphatic heterocycles. The van der Waals surface area contributed by atoms with Gasteiger partial charge in [-0.15, -0.1) is 0 Å². The Morgan fingerprint density at radius 3 is 1.15 bits per heavy atom. The van der Waals surface area contributed by atoms with Gasteiger partial charge in [-0.2, -0.15) is 0 Å². The van der Waals surface area contributed by atoms with Crippen molar-refractivity contribution in [2.45, 2.75) is 135 Å². The van der Waals surface area contributed by atoms with Crippen molar-refractivity contribution in [3.8, 4) is 22.3 Å². The van der Waals surface area contributed by atoms with Gasteiger partial charge >= 0.3 is 0 Å². The molecule has 0 atom stereocenters. The van der Waals surface area contributed by atoms with Crippen LogP contribution in [0.3, 0.4) is 0 Å². The number of unbranched alkanes of at least 4 members (excludes halogenated alkanes) is 2. The van der Waals surface area contributed by atoms with Crippen LogP contribution in [0, 0.1) is 11.8 Å². The van der Waals surface area contributed by atoms with E-state index in [0.717, 1.165) is 43.9 Å². The standard InChI is InChI=1S/C72H70N2O4S2/c1-3-5-8-14-48-21-25-50(26-22-48)52-29-33-54(34-30-52)56-37-41-60(42-38-56)80-64-46-44-62(74-72(78)58-17-11-7-12-18-58)66-68(64)70(76)65-61(73-71(77)57-15-9-6-10-16-57)43-45-63(67(65)69(66)75)79-59-39-35-55(36-40-59)53-31-27-51(28-32-53)49-23-19-47(13-4-2)20-24-49/h6-7,9-12,15-18,27-50H,3-5,8,13-14,19-26H2,1-2H3,(H,73,77)(H,74,78). The smallest absolute Gasteiger partial charge is 0.255 e. The Kier molecular flexibility index (Phi) is 17.4. The number of amides is 2. The molecule has 8 aromatic carbocycles. The average Bonchev–Trinajstić information content (AvgIpc) is 3.40. The number of hydrogen-bond acceptors (Lipinski definition) is 6. The first-order chi connectivity index (χ1) is 39.2. The molecule has 80 heavy (non-hydrogen) atoms. The van der Waals surface area contributed by atoms with E-state index in [1.54, 1.807) is 72.8 Å². The molecule has 404 valence electrons. The largest absolute Gasteiger partial charge is 0.321 e. The van der Waals surface area contributed by atoms with E-state index in [1.807, 2.05) is 24.3 Å². The topological polar surface area (TPSA) is 92.3 Å². The fourth-order valence-electron chi connectivity index (χ4n) is 12.5. The average molecular weight is 1090 g/mol. The zero-order valence-corrected chi connectivity index (χ0v) is 47.6. The van der Waals surface area contributed by atoms with E-state index < -0.39 is 23.4 Å². The number of benzene rings is 8. The number of carbonyl (C=O) groups excluding carboxylic acids is 4. The molecule has 0 aromatic heterocycles. The van der Waals surface area contributed by atoms with E-state index in [0.29, 0.717) is 32.8 Å². The first kappa shape index (κ1) is 54.7. The van der Waals surface area contributed by atoms with Gasteiger partial charge in [0, 0.05) is 41.8 Å². The summed E-state index contributed by atoms with van der Waals surface area (Å²) in [5.41, 5.74) is 9.15. The zero-order valence-electron chi connectivity index (χ0n) is 46.0. The summed E-state index contributed by atoms with van der Waals surface area (Å²) in [6.07, 6.45) is 18.3. The second-order valence-corrected chi connectivity index (χ2v) is 24.5. The van der Waals surface area contributed by atoms with E-state index in [-0.39, 0.29) is 33.6 Å². The van der Waals surface area contributed by atoms with Crippen molar-refractivity contribution in [1.29, 1.82) is 0 Å². The third-order valence-electron chi connectivity index (χ3n) is 17.0. The predicted molar refractivity (Wildman–Crippen MR) is 329 cm³/mol. The van der Waals surface area contributed by atoms with E-state index in [9.17, 15) is 9.59 Å². The quantitative estimate of drug-likeness (QED) is 0.0832. The molecule has 8 aromatic rings. The minimum Gasteiger partial charge on any atom is -0.321 e. The van der Waals surface area contributed by atoms with E-state index in [4.69, 9.17) is 0 Å². The van der Waals surface area contributed by atoms with Gasteiger partial charge in [0.25, 0.3) is 11.8 Å². The van der Waals surface area contributed by atoms with E-state index >= 15 is 9.59 Å². The fourth-order valence-corrected chi connectivity index (χ4v) is 14.4. The lowest BCUT2D eigenvalue weighted by Gasteiger charge is -2.29. The van der Waals surface area contributed by atoms with Gasteiger partial charge in [0.1, 0.15) is 0 Å².